The van der Waals surface area contributed by atoms with Crippen LogP contribution in [0.5, 0.6) is 0 Å². The number of nitrogens with zero attached hydrogens (tertiary/aromatic N) is 3. The average molecular weight is 299 g/mol. The fourth-order valence-corrected chi connectivity index (χ4v) is 2.97. The van der Waals surface area contributed by atoms with Crippen molar-refractivity contribution in [2.75, 3.05) is 19.6 Å². The number of hydrogen-bond donors (Lipinski definition) is 0. The van der Waals surface area contributed by atoms with Gasteiger partial charge in [0.25, 0.3) is 0 Å². The summed E-state index contributed by atoms with van der Waals surface area (Å²) in [6.07, 6.45) is 10.5. The standard InChI is InChI=1S/C18H22FN3/c19-17-6-4-15(5-7-17)16-8-13-22(14-9-16)12-2-1-3-18-20-10-11-21-18/h4-8,10-11,18H,1-3,9,12-14H2. The first-order valence-electron chi connectivity index (χ1n) is 8.03. The molecule has 0 N–H and O–H groups in total. The van der Waals surface area contributed by atoms with E-state index in [1.54, 1.807) is 12.4 Å². The maximum Gasteiger partial charge on any atom is 0.139 e. The molecule has 2 heterocycles. The lowest BCUT2D eigenvalue weighted by Gasteiger charge is -2.26. The molecule has 2 aliphatic heterocycles. The topological polar surface area (TPSA) is 28.0 Å². The third-order valence-electron chi connectivity index (χ3n) is 4.28. The van der Waals surface area contributed by atoms with Crippen LogP contribution in [-0.4, -0.2) is 43.1 Å². The molecule has 3 nitrogen and oxygen atoms in total. The van der Waals surface area contributed by atoms with E-state index in [4.69, 9.17) is 0 Å². The maximum atomic E-state index is 13.0. The van der Waals surface area contributed by atoms with Gasteiger partial charge in [0, 0.05) is 25.5 Å². The van der Waals surface area contributed by atoms with Crippen molar-refractivity contribution in [3.8, 4) is 0 Å². The molecule has 4 heteroatoms. The van der Waals surface area contributed by atoms with Crippen molar-refractivity contribution >= 4 is 18.0 Å². The van der Waals surface area contributed by atoms with Crippen LogP contribution in [-0.2, 0) is 0 Å². The molecule has 1 aromatic carbocycles. The molecule has 0 aromatic heterocycles. The monoisotopic (exact) mass is 299 g/mol. The van der Waals surface area contributed by atoms with E-state index >= 15 is 0 Å². The number of rotatable bonds is 6. The van der Waals surface area contributed by atoms with E-state index in [2.05, 4.69) is 21.0 Å². The minimum Gasteiger partial charge on any atom is -0.299 e. The average Bonchev–Trinajstić information content (AvgIpc) is 3.06. The molecular weight excluding hydrogens is 277 g/mol. The lowest BCUT2D eigenvalue weighted by Crippen LogP contribution is -2.29. The van der Waals surface area contributed by atoms with Gasteiger partial charge in [-0.2, -0.15) is 0 Å². The Labute approximate surface area is 131 Å². The smallest absolute Gasteiger partial charge is 0.139 e. The van der Waals surface area contributed by atoms with Crippen molar-refractivity contribution in [2.24, 2.45) is 9.98 Å². The second-order valence-electron chi connectivity index (χ2n) is 5.86. The van der Waals surface area contributed by atoms with Crippen molar-refractivity contribution in [3.05, 3.63) is 41.7 Å². The van der Waals surface area contributed by atoms with Crippen molar-refractivity contribution in [3.63, 3.8) is 0 Å². The number of unbranched alkanes of at least 4 members (excludes halogenated alkanes) is 1. The van der Waals surface area contributed by atoms with E-state index in [1.807, 2.05) is 12.1 Å². The number of halogens is 1. The molecule has 0 fully saturated rings. The predicted molar refractivity (Wildman–Crippen MR) is 90.1 cm³/mol. The normalized spacial score (nSPS) is 18.9. The molecule has 0 amide bonds. The van der Waals surface area contributed by atoms with Crippen LogP contribution in [0.25, 0.3) is 5.57 Å². The van der Waals surface area contributed by atoms with Gasteiger partial charge in [0.2, 0.25) is 0 Å². The minimum absolute atomic E-state index is 0.169. The van der Waals surface area contributed by atoms with Gasteiger partial charge in [-0.3, -0.25) is 14.9 Å². The Hall–Kier alpha value is -1.81. The van der Waals surface area contributed by atoms with E-state index in [-0.39, 0.29) is 12.0 Å². The number of aliphatic imine (C=N–C) groups is 2. The van der Waals surface area contributed by atoms with Gasteiger partial charge in [-0.25, -0.2) is 4.39 Å². The summed E-state index contributed by atoms with van der Waals surface area (Å²) >= 11 is 0. The highest BCUT2D eigenvalue weighted by Gasteiger charge is 2.13. The van der Waals surface area contributed by atoms with Gasteiger partial charge in [0.1, 0.15) is 12.0 Å². The van der Waals surface area contributed by atoms with Gasteiger partial charge in [0.05, 0.1) is 0 Å². The first kappa shape index (κ1) is 15.1. The summed E-state index contributed by atoms with van der Waals surface area (Å²) in [6.45, 7) is 3.21. The fourth-order valence-electron chi connectivity index (χ4n) is 2.97. The van der Waals surface area contributed by atoms with Crippen LogP contribution < -0.4 is 0 Å². The molecular formula is C18H22FN3. The van der Waals surface area contributed by atoms with Crippen molar-refractivity contribution in [1.29, 1.82) is 0 Å². The third kappa shape index (κ3) is 4.10. The Morgan fingerprint density at radius 3 is 2.55 bits per heavy atom. The Kier molecular flexibility index (Phi) is 5.11. The number of hydrogen-bond acceptors (Lipinski definition) is 3. The first-order chi connectivity index (χ1) is 10.8. The van der Waals surface area contributed by atoms with Crippen LogP contribution >= 0.6 is 0 Å². The van der Waals surface area contributed by atoms with Gasteiger partial charge in [-0.1, -0.05) is 18.2 Å². The Morgan fingerprint density at radius 2 is 1.86 bits per heavy atom. The van der Waals surface area contributed by atoms with Crippen LogP contribution in [0.1, 0.15) is 31.2 Å². The summed E-state index contributed by atoms with van der Waals surface area (Å²) in [4.78, 5) is 11.0. The summed E-state index contributed by atoms with van der Waals surface area (Å²) in [5, 5.41) is 0. The predicted octanol–water partition coefficient (Wildman–Crippen LogP) is 3.57. The Morgan fingerprint density at radius 1 is 1.09 bits per heavy atom. The van der Waals surface area contributed by atoms with Crippen LogP contribution in [0.4, 0.5) is 4.39 Å². The second-order valence-corrected chi connectivity index (χ2v) is 5.86. The lowest BCUT2D eigenvalue weighted by molar-refractivity contribution is 0.293. The molecule has 116 valence electrons. The van der Waals surface area contributed by atoms with Gasteiger partial charge in [-0.05, 0) is 55.5 Å². The van der Waals surface area contributed by atoms with Gasteiger partial charge >= 0.3 is 0 Å². The molecule has 2 aliphatic rings. The molecule has 0 spiro atoms. The summed E-state index contributed by atoms with van der Waals surface area (Å²) in [7, 11) is 0. The summed E-state index contributed by atoms with van der Waals surface area (Å²) in [5.41, 5.74) is 2.49. The number of benzene rings is 1. The third-order valence-corrected chi connectivity index (χ3v) is 4.28. The fraction of sp³-hybridized carbons (Fsp3) is 0.444. The van der Waals surface area contributed by atoms with E-state index in [1.165, 1.54) is 30.5 Å². The van der Waals surface area contributed by atoms with Gasteiger partial charge < -0.3 is 0 Å². The highest BCUT2D eigenvalue weighted by molar-refractivity contribution is 6.17. The second kappa shape index (κ2) is 7.45. The lowest BCUT2D eigenvalue weighted by atomic mass is 9.99. The molecule has 0 unspecified atom stereocenters. The molecule has 22 heavy (non-hydrogen) atoms. The molecule has 0 saturated heterocycles. The Balaban J connectivity index is 1.40. The summed E-state index contributed by atoms with van der Waals surface area (Å²) < 4.78 is 13.0. The van der Waals surface area contributed by atoms with Crippen LogP contribution in [0.15, 0.2) is 40.3 Å². The molecule has 3 rings (SSSR count). The van der Waals surface area contributed by atoms with Gasteiger partial charge in [-0.15, -0.1) is 0 Å². The van der Waals surface area contributed by atoms with Crippen LogP contribution in [0.3, 0.4) is 0 Å². The van der Waals surface area contributed by atoms with Crippen molar-refractivity contribution in [1.82, 2.24) is 4.90 Å². The van der Waals surface area contributed by atoms with Crippen molar-refractivity contribution in [2.45, 2.75) is 31.8 Å². The van der Waals surface area contributed by atoms with E-state index in [9.17, 15) is 4.39 Å². The SMILES string of the molecule is Fc1ccc(C2=CCN(CCCCC3N=CC=N3)CC2)cc1. The highest BCUT2D eigenvalue weighted by atomic mass is 19.1. The molecule has 0 radical (unpaired) electrons. The van der Waals surface area contributed by atoms with Gasteiger partial charge in [0.15, 0.2) is 0 Å². The van der Waals surface area contributed by atoms with Crippen molar-refractivity contribution < 1.29 is 4.39 Å². The quantitative estimate of drug-likeness (QED) is 0.738. The van der Waals surface area contributed by atoms with Crippen LogP contribution in [0.2, 0.25) is 0 Å². The first-order valence-corrected chi connectivity index (χ1v) is 8.03. The maximum absolute atomic E-state index is 13.0. The summed E-state index contributed by atoms with van der Waals surface area (Å²) in [6, 6.07) is 6.83. The zero-order valence-electron chi connectivity index (χ0n) is 12.8. The molecule has 0 aliphatic carbocycles. The zero-order valence-corrected chi connectivity index (χ0v) is 12.8. The molecule has 0 atom stereocenters. The van der Waals surface area contributed by atoms with Crippen LogP contribution in [0, 0.1) is 5.82 Å². The van der Waals surface area contributed by atoms with E-state index < -0.39 is 0 Å². The molecule has 1 aromatic rings. The summed E-state index contributed by atoms with van der Waals surface area (Å²) in [5.74, 6) is -0.169. The van der Waals surface area contributed by atoms with E-state index in [0.29, 0.717) is 0 Å². The highest BCUT2D eigenvalue weighted by Crippen LogP contribution is 2.22. The molecule has 0 saturated carbocycles. The van der Waals surface area contributed by atoms with E-state index in [0.717, 1.165) is 38.0 Å². The Bertz CT molecular complexity index is 562. The minimum atomic E-state index is -0.169. The molecule has 0 bridgehead atoms. The largest absolute Gasteiger partial charge is 0.299 e. The zero-order chi connectivity index (χ0) is 15.2.